The van der Waals surface area contributed by atoms with E-state index in [0.717, 1.165) is 29.4 Å². The zero-order valence-corrected chi connectivity index (χ0v) is 11.6. The van der Waals surface area contributed by atoms with Crippen LogP contribution in [0.5, 0.6) is 5.75 Å². The Hall–Kier alpha value is -1.57. The third-order valence-corrected chi connectivity index (χ3v) is 3.04. The van der Waals surface area contributed by atoms with E-state index in [4.69, 9.17) is 0 Å². The highest BCUT2D eigenvalue weighted by molar-refractivity contribution is 5.81. The van der Waals surface area contributed by atoms with Gasteiger partial charge in [0.25, 0.3) is 0 Å². The summed E-state index contributed by atoms with van der Waals surface area (Å²) in [4.78, 5) is 4.59. The Bertz CT molecular complexity index is 567. The number of aryl methyl sites for hydroxylation is 1. The highest BCUT2D eigenvalue weighted by Gasteiger charge is 2.16. The smallest absolute Gasteiger partial charge is 0.137 e. The molecule has 0 aliphatic carbocycles. The van der Waals surface area contributed by atoms with Crippen molar-refractivity contribution in [1.29, 1.82) is 0 Å². The average Bonchev–Trinajstić information content (AvgIpc) is 2.27. The number of fused-ring (bicyclic) bond motifs is 1. The van der Waals surface area contributed by atoms with E-state index in [9.17, 15) is 5.11 Å². The summed E-state index contributed by atoms with van der Waals surface area (Å²) in [5.41, 5.74) is 3.15. The minimum absolute atomic E-state index is 0.127. The summed E-state index contributed by atoms with van der Waals surface area (Å²) in [5.74, 6) is 0.311. The molecule has 0 unspecified atom stereocenters. The summed E-state index contributed by atoms with van der Waals surface area (Å²) in [5, 5.41) is 11.1. The van der Waals surface area contributed by atoms with E-state index >= 15 is 0 Å². The number of aromatic hydroxyl groups is 1. The van der Waals surface area contributed by atoms with E-state index < -0.39 is 0 Å². The predicted octanol–water partition coefficient (Wildman–Crippen LogP) is 4.09. The fourth-order valence-electron chi connectivity index (χ4n) is 2.11. The van der Waals surface area contributed by atoms with Crippen LogP contribution in [0.15, 0.2) is 24.3 Å². The van der Waals surface area contributed by atoms with Gasteiger partial charge in [-0.2, -0.15) is 0 Å². The van der Waals surface area contributed by atoms with Crippen LogP contribution in [0.25, 0.3) is 10.9 Å². The molecule has 0 aliphatic heterocycles. The van der Waals surface area contributed by atoms with Gasteiger partial charge >= 0.3 is 0 Å². The lowest BCUT2D eigenvalue weighted by molar-refractivity contribution is 0.389. The van der Waals surface area contributed by atoms with Gasteiger partial charge in [0.05, 0.1) is 11.2 Å². The fourth-order valence-corrected chi connectivity index (χ4v) is 2.11. The van der Waals surface area contributed by atoms with Crippen molar-refractivity contribution < 1.29 is 5.11 Å². The van der Waals surface area contributed by atoms with Gasteiger partial charge in [-0.25, -0.2) is 4.98 Å². The molecular weight excluding hydrogens is 222 g/mol. The molecule has 0 radical (unpaired) electrons. The number of hydrogen-bond acceptors (Lipinski definition) is 2. The largest absolute Gasteiger partial charge is 0.506 e. The molecule has 0 spiro atoms. The van der Waals surface area contributed by atoms with E-state index in [0.29, 0.717) is 5.75 Å². The molecule has 1 aromatic carbocycles. The summed E-state index contributed by atoms with van der Waals surface area (Å²) in [6.45, 7) is 8.58. The van der Waals surface area contributed by atoms with Gasteiger partial charge in [0.15, 0.2) is 0 Å². The van der Waals surface area contributed by atoms with E-state index in [-0.39, 0.29) is 5.41 Å². The Labute approximate surface area is 109 Å². The van der Waals surface area contributed by atoms with E-state index in [2.05, 4.69) is 44.8 Å². The van der Waals surface area contributed by atoms with Crippen LogP contribution in [-0.4, -0.2) is 10.1 Å². The Balaban J connectivity index is 2.49. The number of hydrogen-bond donors (Lipinski definition) is 1. The maximum Gasteiger partial charge on any atom is 0.137 e. The summed E-state index contributed by atoms with van der Waals surface area (Å²) in [6.07, 6.45) is 1.78. The Morgan fingerprint density at radius 3 is 2.50 bits per heavy atom. The summed E-state index contributed by atoms with van der Waals surface area (Å²) >= 11 is 0. The molecule has 2 heteroatoms. The number of nitrogens with zero attached hydrogens (tertiary/aromatic N) is 1. The first-order valence-corrected chi connectivity index (χ1v) is 6.50. The summed E-state index contributed by atoms with van der Waals surface area (Å²) in [7, 11) is 0. The number of pyridine rings is 1. The van der Waals surface area contributed by atoms with Crippen molar-refractivity contribution >= 4 is 10.9 Å². The standard InChI is InChI=1S/C16H21NO/c1-5-11-6-7-13-12(8-11)9-15(18)14(17-13)10-16(2,3)4/h6-9,18H,5,10H2,1-4H3. The van der Waals surface area contributed by atoms with Crippen LogP contribution in [0.3, 0.4) is 0 Å². The zero-order valence-electron chi connectivity index (χ0n) is 11.6. The minimum atomic E-state index is 0.127. The maximum atomic E-state index is 10.1. The van der Waals surface area contributed by atoms with Gasteiger partial charge in [-0.3, -0.25) is 0 Å². The summed E-state index contributed by atoms with van der Waals surface area (Å²) in [6, 6.07) is 8.08. The highest BCUT2D eigenvalue weighted by atomic mass is 16.3. The molecule has 0 fully saturated rings. The van der Waals surface area contributed by atoms with Crippen LogP contribution >= 0.6 is 0 Å². The third-order valence-electron chi connectivity index (χ3n) is 3.04. The van der Waals surface area contributed by atoms with E-state index in [1.807, 2.05) is 12.1 Å². The van der Waals surface area contributed by atoms with Gasteiger partial charge in [0, 0.05) is 5.39 Å². The monoisotopic (exact) mass is 243 g/mol. The van der Waals surface area contributed by atoms with Gasteiger partial charge in [0.2, 0.25) is 0 Å². The van der Waals surface area contributed by atoms with Crippen molar-refractivity contribution in [3.63, 3.8) is 0 Å². The normalized spacial score (nSPS) is 12.0. The highest BCUT2D eigenvalue weighted by Crippen LogP contribution is 2.28. The SMILES string of the molecule is CCc1ccc2nc(CC(C)(C)C)c(O)cc2c1. The molecule has 96 valence electrons. The van der Waals surface area contributed by atoms with Crippen molar-refractivity contribution in [2.24, 2.45) is 5.41 Å². The number of aromatic nitrogens is 1. The average molecular weight is 243 g/mol. The molecular formula is C16H21NO. The van der Waals surface area contributed by atoms with Gasteiger partial charge in [-0.1, -0.05) is 33.8 Å². The molecule has 1 N–H and O–H groups in total. The lowest BCUT2D eigenvalue weighted by Gasteiger charge is -2.18. The van der Waals surface area contributed by atoms with Crippen LogP contribution in [0.1, 0.15) is 39.0 Å². The molecule has 2 aromatic rings. The molecule has 1 aromatic heterocycles. The van der Waals surface area contributed by atoms with E-state index in [1.165, 1.54) is 5.56 Å². The summed E-state index contributed by atoms with van der Waals surface area (Å²) < 4.78 is 0. The third kappa shape index (κ3) is 2.81. The topological polar surface area (TPSA) is 33.1 Å². The number of benzene rings is 1. The molecule has 0 atom stereocenters. The van der Waals surface area contributed by atoms with Crippen LogP contribution < -0.4 is 0 Å². The van der Waals surface area contributed by atoms with Crippen molar-refractivity contribution in [2.75, 3.05) is 0 Å². The quantitative estimate of drug-likeness (QED) is 0.861. The molecule has 0 saturated carbocycles. The van der Waals surface area contributed by atoms with Crippen LogP contribution in [0.4, 0.5) is 0 Å². The van der Waals surface area contributed by atoms with Crippen LogP contribution in [0.2, 0.25) is 0 Å². The maximum absolute atomic E-state index is 10.1. The number of rotatable bonds is 2. The Morgan fingerprint density at radius 1 is 1.17 bits per heavy atom. The van der Waals surface area contributed by atoms with E-state index in [1.54, 1.807) is 0 Å². The first-order chi connectivity index (χ1) is 8.39. The van der Waals surface area contributed by atoms with Crippen LogP contribution in [0, 0.1) is 5.41 Å². The predicted molar refractivity (Wildman–Crippen MR) is 75.9 cm³/mol. The lowest BCUT2D eigenvalue weighted by atomic mass is 9.90. The Kier molecular flexibility index (Phi) is 3.29. The molecule has 2 nitrogen and oxygen atoms in total. The second-order valence-electron chi connectivity index (χ2n) is 6.07. The van der Waals surface area contributed by atoms with Gasteiger partial charge in [0.1, 0.15) is 5.75 Å². The van der Waals surface area contributed by atoms with Crippen molar-refractivity contribution in [1.82, 2.24) is 4.98 Å². The van der Waals surface area contributed by atoms with Crippen molar-refractivity contribution in [3.05, 3.63) is 35.5 Å². The van der Waals surface area contributed by atoms with Crippen molar-refractivity contribution in [2.45, 2.75) is 40.5 Å². The molecule has 2 rings (SSSR count). The fraction of sp³-hybridized carbons (Fsp3) is 0.438. The molecule has 0 aliphatic rings. The van der Waals surface area contributed by atoms with Gasteiger partial charge < -0.3 is 5.11 Å². The second kappa shape index (κ2) is 4.60. The molecule has 0 bridgehead atoms. The van der Waals surface area contributed by atoms with Crippen LogP contribution in [-0.2, 0) is 12.8 Å². The van der Waals surface area contributed by atoms with Gasteiger partial charge in [-0.05, 0) is 42.0 Å². The molecule has 1 heterocycles. The second-order valence-corrected chi connectivity index (χ2v) is 6.07. The molecule has 0 amide bonds. The zero-order chi connectivity index (χ0) is 13.3. The van der Waals surface area contributed by atoms with Gasteiger partial charge in [-0.15, -0.1) is 0 Å². The molecule has 0 saturated heterocycles. The van der Waals surface area contributed by atoms with Crippen molar-refractivity contribution in [3.8, 4) is 5.75 Å². The Morgan fingerprint density at radius 2 is 1.89 bits per heavy atom. The molecule has 18 heavy (non-hydrogen) atoms. The lowest BCUT2D eigenvalue weighted by Crippen LogP contribution is -2.10. The first kappa shape index (κ1) is 12.9. The first-order valence-electron chi connectivity index (χ1n) is 6.50. The minimum Gasteiger partial charge on any atom is -0.506 e.